The van der Waals surface area contributed by atoms with Crippen molar-refractivity contribution in [3.63, 3.8) is 0 Å². The Balaban J connectivity index is 2.57. The lowest BCUT2D eigenvalue weighted by molar-refractivity contribution is -0.0431. The summed E-state index contributed by atoms with van der Waals surface area (Å²) in [6.45, 7) is 12.4. The first-order valence-corrected chi connectivity index (χ1v) is 7.25. The average molecular weight is 240 g/mol. The van der Waals surface area contributed by atoms with Crippen molar-refractivity contribution in [1.82, 2.24) is 4.90 Å². The fraction of sp³-hybridized carbons (Fsp3) is 1.00. The van der Waals surface area contributed by atoms with Gasteiger partial charge in [-0.1, -0.05) is 27.7 Å². The zero-order chi connectivity index (χ0) is 13.2. The summed E-state index contributed by atoms with van der Waals surface area (Å²) >= 11 is 0. The van der Waals surface area contributed by atoms with Crippen molar-refractivity contribution in [2.45, 2.75) is 65.5 Å². The lowest BCUT2D eigenvalue weighted by Crippen LogP contribution is -2.63. The molecule has 1 aliphatic carbocycles. The van der Waals surface area contributed by atoms with E-state index in [0.29, 0.717) is 11.6 Å². The van der Waals surface area contributed by atoms with E-state index < -0.39 is 0 Å². The monoisotopic (exact) mass is 240 g/mol. The van der Waals surface area contributed by atoms with Crippen LogP contribution in [0.5, 0.6) is 0 Å². The van der Waals surface area contributed by atoms with E-state index in [9.17, 15) is 0 Å². The maximum absolute atomic E-state index is 6.06. The maximum Gasteiger partial charge on any atom is 0.0337 e. The van der Waals surface area contributed by atoms with Crippen LogP contribution in [-0.4, -0.2) is 30.1 Å². The molecule has 1 atom stereocenters. The van der Waals surface area contributed by atoms with Crippen LogP contribution in [0.2, 0.25) is 0 Å². The largest absolute Gasteiger partial charge is 0.329 e. The zero-order valence-corrected chi connectivity index (χ0v) is 12.7. The molecule has 2 heteroatoms. The van der Waals surface area contributed by atoms with Crippen LogP contribution in [0, 0.1) is 17.8 Å². The fourth-order valence-corrected chi connectivity index (χ4v) is 3.29. The second-order valence-electron chi connectivity index (χ2n) is 6.93. The molecule has 0 aliphatic heterocycles. The van der Waals surface area contributed by atoms with Crippen LogP contribution >= 0.6 is 0 Å². The number of nitrogens with two attached hydrogens (primary N) is 1. The molecule has 1 unspecified atom stereocenters. The molecule has 0 amide bonds. The molecule has 2 nitrogen and oxygen atoms in total. The first-order chi connectivity index (χ1) is 7.82. The van der Waals surface area contributed by atoms with Gasteiger partial charge in [-0.3, -0.25) is 4.90 Å². The molecule has 0 heterocycles. The van der Waals surface area contributed by atoms with Crippen molar-refractivity contribution in [1.29, 1.82) is 0 Å². The number of hydrogen-bond acceptors (Lipinski definition) is 2. The van der Waals surface area contributed by atoms with Gasteiger partial charge in [-0.15, -0.1) is 0 Å². The molecule has 0 aromatic rings. The van der Waals surface area contributed by atoms with Gasteiger partial charge in [0, 0.05) is 18.1 Å². The highest BCUT2D eigenvalue weighted by Crippen LogP contribution is 2.46. The van der Waals surface area contributed by atoms with Gasteiger partial charge in [-0.2, -0.15) is 0 Å². The second kappa shape index (κ2) is 5.71. The smallest absolute Gasteiger partial charge is 0.0337 e. The van der Waals surface area contributed by atoms with Gasteiger partial charge in [0.15, 0.2) is 0 Å². The Morgan fingerprint density at radius 2 is 1.71 bits per heavy atom. The third kappa shape index (κ3) is 3.23. The van der Waals surface area contributed by atoms with Crippen LogP contribution in [0.15, 0.2) is 0 Å². The molecule has 0 saturated heterocycles. The Labute approximate surface area is 108 Å². The molecule has 17 heavy (non-hydrogen) atoms. The van der Waals surface area contributed by atoms with E-state index in [1.165, 1.54) is 19.3 Å². The van der Waals surface area contributed by atoms with Crippen LogP contribution in [0.4, 0.5) is 0 Å². The molecule has 2 N–H and O–H groups in total. The van der Waals surface area contributed by atoms with Crippen LogP contribution < -0.4 is 5.73 Å². The van der Waals surface area contributed by atoms with Gasteiger partial charge in [0.2, 0.25) is 0 Å². The number of likely N-dealkylation sites (N-methyl/N-ethyl adjacent to an activating group) is 1. The Kier molecular flexibility index (Phi) is 5.03. The van der Waals surface area contributed by atoms with Gasteiger partial charge in [-0.05, 0) is 51.0 Å². The van der Waals surface area contributed by atoms with Crippen molar-refractivity contribution < 1.29 is 0 Å². The SMILES string of the molecule is CC(C)CC(C)N(C)C1(CN)CC(C(C)C)C1. The van der Waals surface area contributed by atoms with E-state index in [0.717, 1.165) is 24.3 Å². The summed E-state index contributed by atoms with van der Waals surface area (Å²) in [4.78, 5) is 2.56. The van der Waals surface area contributed by atoms with Crippen molar-refractivity contribution in [2.75, 3.05) is 13.6 Å². The van der Waals surface area contributed by atoms with Crippen LogP contribution in [0.1, 0.15) is 53.9 Å². The Bertz CT molecular complexity index is 229. The predicted octanol–water partition coefficient (Wildman–Crippen LogP) is 3.12. The van der Waals surface area contributed by atoms with Crippen LogP contribution in [0.25, 0.3) is 0 Å². The molecular formula is C15H32N2. The number of nitrogens with zero attached hydrogens (tertiary/aromatic N) is 1. The topological polar surface area (TPSA) is 29.3 Å². The number of hydrogen-bond donors (Lipinski definition) is 1. The van der Waals surface area contributed by atoms with Gasteiger partial charge in [0.25, 0.3) is 0 Å². The first-order valence-electron chi connectivity index (χ1n) is 7.25. The van der Waals surface area contributed by atoms with E-state index in [4.69, 9.17) is 5.73 Å². The molecule has 0 radical (unpaired) electrons. The minimum atomic E-state index is 0.295. The summed E-state index contributed by atoms with van der Waals surface area (Å²) in [6.07, 6.45) is 3.85. The molecular weight excluding hydrogens is 208 g/mol. The average Bonchev–Trinajstić information content (AvgIpc) is 2.14. The Morgan fingerprint density at radius 3 is 2.06 bits per heavy atom. The molecule has 1 aliphatic rings. The standard InChI is InChI=1S/C15H32N2/c1-11(2)7-13(5)17(6)15(10-16)8-14(9-15)12(3)4/h11-14H,7-10,16H2,1-6H3. The Hall–Kier alpha value is -0.0800. The zero-order valence-electron chi connectivity index (χ0n) is 12.7. The minimum Gasteiger partial charge on any atom is -0.329 e. The van der Waals surface area contributed by atoms with Gasteiger partial charge >= 0.3 is 0 Å². The molecule has 1 rings (SSSR count). The van der Waals surface area contributed by atoms with Crippen LogP contribution in [-0.2, 0) is 0 Å². The second-order valence-corrected chi connectivity index (χ2v) is 6.93. The van der Waals surface area contributed by atoms with Gasteiger partial charge < -0.3 is 5.73 Å². The van der Waals surface area contributed by atoms with Gasteiger partial charge in [-0.25, -0.2) is 0 Å². The highest BCUT2D eigenvalue weighted by Gasteiger charge is 2.47. The molecule has 0 aromatic heterocycles. The summed E-state index contributed by atoms with van der Waals surface area (Å²) in [5, 5.41) is 0. The molecule has 1 fully saturated rings. The van der Waals surface area contributed by atoms with Crippen molar-refractivity contribution >= 4 is 0 Å². The summed E-state index contributed by atoms with van der Waals surface area (Å²) in [6, 6.07) is 0.645. The highest BCUT2D eigenvalue weighted by atomic mass is 15.2. The summed E-state index contributed by atoms with van der Waals surface area (Å²) in [5.41, 5.74) is 6.35. The fourth-order valence-electron chi connectivity index (χ4n) is 3.29. The van der Waals surface area contributed by atoms with Crippen molar-refractivity contribution in [3.05, 3.63) is 0 Å². The van der Waals surface area contributed by atoms with Gasteiger partial charge in [0.1, 0.15) is 0 Å². The van der Waals surface area contributed by atoms with Crippen molar-refractivity contribution in [3.8, 4) is 0 Å². The molecule has 0 spiro atoms. The third-order valence-electron chi connectivity index (χ3n) is 4.83. The molecule has 102 valence electrons. The summed E-state index contributed by atoms with van der Waals surface area (Å²) < 4.78 is 0. The van der Waals surface area contributed by atoms with Gasteiger partial charge in [0.05, 0.1) is 0 Å². The highest BCUT2D eigenvalue weighted by molar-refractivity contribution is 5.04. The molecule has 0 bridgehead atoms. The van der Waals surface area contributed by atoms with E-state index >= 15 is 0 Å². The lowest BCUT2D eigenvalue weighted by atomic mass is 9.63. The maximum atomic E-state index is 6.06. The van der Waals surface area contributed by atoms with E-state index in [1.807, 2.05) is 0 Å². The minimum absolute atomic E-state index is 0.295. The lowest BCUT2D eigenvalue weighted by Gasteiger charge is -2.56. The first kappa shape index (κ1) is 15.0. The Morgan fingerprint density at radius 1 is 1.18 bits per heavy atom. The summed E-state index contributed by atoms with van der Waals surface area (Å²) in [5.74, 6) is 2.46. The van der Waals surface area contributed by atoms with Crippen LogP contribution in [0.3, 0.4) is 0 Å². The molecule has 1 saturated carbocycles. The van der Waals surface area contributed by atoms with E-state index in [-0.39, 0.29) is 0 Å². The van der Waals surface area contributed by atoms with E-state index in [1.54, 1.807) is 0 Å². The van der Waals surface area contributed by atoms with Crippen molar-refractivity contribution in [2.24, 2.45) is 23.5 Å². The summed E-state index contributed by atoms with van der Waals surface area (Å²) in [7, 11) is 2.27. The quantitative estimate of drug-likeness (QED) is 0.773. The molecule has 0 aromatic carbocycles. The number of rotatable bonds is 6. The van der Waals surface area contributed by atoms with E-state index in [2.05, 4.69) is 46.6 Å². The predicted molar refractivity (Wildman–Crippen MR) is 76.0 cm³/mol. The third-order valence-corrected chi connectivity index (χ3v) is 4.83. The normalized spacial score (nSPS) is 31.1.